The van der Waals surface area contributed by atoms with E-state index in [9.17, 15) is 4.79 Å². The Morgan fingerprint density at radius 3 is 2.74 bits per heavy atom. The summed E-state index contributed by atoms with van der Waals surface area (Å²) in [6.45, 7) is 5.30. The molecule has 0 radical (unpaired) electrons. The molecule has 0 atom stereocenters. The zero-order chi connectivity index (χ0) is 13.4. The monoisotopic (exact) mass is 277 g/mol. The van der Waals surface area contributed by atoms with Crippen molar-refractivity contribution in [3.05, 3.63) is 21.4 Å². The third-order valence-electron chi connectivity index (χ3n) is 4.02. The Bertz CT molecular complexity index is 450. The molecule has 2 aliphatic rings. The molecule has 104 valence electrons. The van der Waals surface area contributed by atoms with Gasteiger partial charge in [-0.2, -0.15) is 0 Å². The molecule has 1 amide bonds. The van der Waals surface area contributed by atoms with Crippen LogP contribution in [0.5, 0.6) is 0 Å². The first-order valence-electron chi connectivity index (χ1n) is 7.57. The van der Waals surface area contributed by atoms with E-state index in [1.165, 1.54) is 49.0 Å². The van der Waals surface area contributed by atoms with Gasteiger partial charge < -0.3 is 4.90 Å². The van der Waals surface area contributed by atoms with Crippen molar-refractivity contribution >= 4 is 17.2 Å². The molecule has 0 aromatic carbocycles. The summed E-state index contributed by atoms with van der Waals surface area (Å²) in [5.41, 5.74) is 1.44. The Morgan fingerprint density at radius 2 is 2.11 bits per heavy atom. The van der Waals surface area contributed by atoms with Gasteiger partial charge in [0.05, 0.1) is 4.88 Å². The zero-order valence-electron chi connectivity index (χ0n) is 11.9. The smallest absolute Gasteiger partial charge is 0.264 e. The van der Waals surface area contributed by atoms with Gasteiger partial charge in [-0.25, -0.2) is 0 Å². The fourth-order valence-corrected chi connectivity index (χ4v) is 4.12. The lowest BCUT2D eigenvalue weighted by Crippen LogP contribution is -2.35. The van der Waals surface area contributed by atoms with E-state index < -0.39 is 0 Å². The normalized spacial score (nSPS) is 18.5. The second-order valence-electron chi connectivity index (χ2n) is 6.35. The minimum Gasteiger partial charge on any atom is -0.335 e. The molecular weight excluding hydrogens is 254 g/mol. The van der Waals surface area contributed by atoms with Crippen LogP contribution in [0.4, 0.5) is 0 Å². The maximum absolute atomic E-state index is 12.7. The molecule has 0 spiro atoms. The van der Waals surface area contributed by atoms with Crippen molar-refractivity contribution in [1.82, 2.24) is 4.90 Å². The molecule has 1 fully saturated rings. The van der Waals surface area contributed by atoms with Crippen LogP contribution in [0, 0.1) is 5.92 Å². The van der Waals surface area contributed by atoms with Crippen molar-refractivity contribution in [2.75, 3.05) is 6.54 Å². The minimum atomic E-state index is 0.288. The van der Waals surface area contributed by atoms with Crippen LogP contribution >= 0.6 is 11.3 Å². The Labute approximate surface area is 119 Å². The van der Waals surface area contributed by atoms with Crippen LogP contribution in [-0.4, -0.2) is 23.4 Å². The van der Waals surface area contributed by atoms with E-state index >= 15 is 0 Å². The molecule has 0 bridgehead atoms. The summed E-state index contributed by atoms with van der Waals surface area (Å²) in [6.07, 6.45) is 7.33. The summed E-state index contributed by atoms with van der Waals surface area (Å²) in [6, 6.07) is 2.70. The van der Waals surface area contributed by atoms with Gasteiger partial charge in [-0.15, -0.1) is 11.3 Å². The molecule has 0 saturated heterocycles. The van der Waals surface area contributed by atoms with E-state index in [0.717, 1.165) is 11.4 Å². The minimum absolute atomic E-state index is 0.288. The van der Waals surface area contributed by atoms with Gasteiger partial charge >= 0.3 is 0 Å². The molecule has 1 saturated carbocycles. The maximum atomic E-state index is 12.7. The Morgan fingerprint density at radius 1 is 1.37 bits per heavy atom. The number of carbonyl (C=O) groups excluding carboxylic acids is 1. The van der Waals surface area contributed by atoms with Crippen LogP contribution in [0.15, 0.2) is 6.07 Å². The van der Waals surface area contributed by atoms with Gasteiger partial charge in [0.1, 0.15) is 0 Å². The number of rotatable bonds is 4. The van der Waals surface area contributed by atoms with Crippen LogP contribution in [0.3, 0.4) is 0 Å². The van der Waals surface area contributed by atoms with Gasteiger partial charge in [0, 0.05) is 17.5 Å². The summed E-state index contributed by atoms with van der Waals surface area (Å²) >= 11 is 1.75. The molecule has 19 heavy (non-hydrogen) atoms. The van der Waals surface area contributed by atoms with E-state index in [4.69, 9.17) is 0 Å². The van der Waals surface area contributed by atoms with Gasteiger partial charge in [0.2, 0.25) is 0 Å². The van der Waals surface area contributed by atoms with E-state index in [0.29, 0.717) is 12.0 Å². The summed E-state index contributed by atoms with van der Waals surface area (Å²) in [5.74, 6) is 0.842. The average molecular weight is 277 g/mol. The molecule has 1 aromatic rings. The zero-order valence-corrected chi connectivity index (χ0v) is 12.8. The van der Waals surface area contributed by atoms with Crippen LogP contribution in [0.25, 0.3) is 0 Å². The van der Waals surface area contributed by atoms with Crippen LogP contribution in [-0.2, 0) is 12.8 Å². The number of fused-ring (bicyclic) bond motifs is 1. The topological polar surface area (TPSA) is 20.3 Å². The molecule has 2 nitrogen and oxygen atoms in total. The lowest BCUT2D eigenvalue weighted by molar-refractivity contribution is 0.0727. The van der Waals surface area contributed by atoms with E-state index in [1.54, 1.807) is 11.3 Å². The molecule has 2 aliphatic carbocycles. The van der Waals surface area contributed by atoms with Gasteiger partial charge in [0.25, 0.3) is 5.91 Å². The molecule has 0 aliphatic heterocycles. The third kappa shape index (κ3) is 2.86. The number of hydrogen-bond acceptors (Lipinski definition) is 2. The number of thiophene rings is 1. The summed E-state index contributed by atoms with van der Waals surface area (Å²) in [5, 5.41) is 0. The second-order valence-corrected chi connectivity index (χ2v) is 7.49. The molecule has 3 heteroatoms. The van der Waals surface area contributed by atoms with Gasteiger partial charge in [-0.1, -0.05) is 13.8 Å². The SMILES string of the molecule is CC(C)CN(C(=O)c1cc2c(s1)CCCC2)C1CC1. The fraction of sp³-hybridized carbons (Fsp3) is 0.688. The van der Waals surface area contributed by atoms with Gasteiger partial charge in [-0.05, 0) is 56.1 Å². The fourth-order valence-electron chi connectivity index (χ4n) is 2.92. The largest absolute Gasteiger partial charge is 0.335 e. The molecule has 1 aromatic heterocycles. The van der Waals surface area contributed by atoms with Crippen molar-refractivity contribution in [3.63, 3.8) is 0 Å². The molecule has 3 rings (SSSR count). The predicted octanol–water partition coefficient (Wildman–Crippen LogP) is 3.89. The Hall–Kier alpha value is -0.830. The van der Waals surface area contributed by atoms with Crippen molar-refractivity contribution in [1.29, 1.82) is 0 Å². The standard InChI is InChI=1S/C16H23NOS/c1-11(2)10-17(13-7-8-13)16(18)15-9-12-5-3-4-6-14(12)19-15/h9,11,13H,3-8,10H2,1-2H3. The predicted molar refractivity (Wildman–Crippen MR) is 79.9 cm³/mol. The van der Waals surface area contributed by atoms with Crippen molar-refractivity contribution in [2.24, 2.45) is 5.92 Å². The van der Waals surface area contributed by atoms with Crippen molar-refractivity contribution in [3.8, 4) is 0 Å². The Kier molecular flexibility index (Phi) is 3.66. The van der Waals surface area contributed by atoms with E-state index in [-0.39, 0.29) is 5.91 Å². The van der Waals surface area contributed by atoms with Crippen LogP contribution < -0.4 is 0 Å². The van der Waals surface area contributed by atoms with Gasteiger partial charge in [-0.3, -0.25) is 4.79 Å². The molecular formula is C16H23NOS. The summed E-state index contributed by atoms with van der Waals surface area (Å²) in [4.78, 5) is 17.3. The van der Waals surface area contributed by atoms with Gasteiger partial charge in [0.15, 0.2) is 0 Å². The van der Waals surface area contributed by atoms with Crippen molar-refractivity contribution in [2.45, 2.75) is 58.4 Å². The highest BCUT2D eigenvalue weighted by atomic mass is 32.1. The lowest BCUT2D eigenvalue weighted by Gasteiger charge is -2.23. The highest BCUT2D eigenvalue weighted by Gasteiger charge is 2.34. The number of hydrogen-bond donors (Lipinski definition) is 0. The number of amides is 1. The highest BCUT2D eigenvalue weighted by molar-refractivity contribution is 7.14. The number of nitrogens with zero attached hydrogens (tertiary/aromatic N) is 1. The Balaban J connectivity index is 1.79. The second kappa shape index (κ2) is 5.28. The number of carbonyl (C=O) groups is 1. The van der Waals surface area contributed by atoms with E-state index in [2.05, 4.69) is 24.8 Å². The third-order valence-corrected chi connectivity index (χ3v) is 5.24. The first-order chi connectivity index (χ1) is 9.15. The molecule has 0 unspecified atom stereocenters. The lowest BCUT2D eigenvalue weighted by atomic mass is 9.99. The average Bonchev–Trinajstić information content (AvgIpc) is 3.13. The molecule has 1 heterocycles. The summed E-state index contributed by atoms with van der Waals surface area (Å²) in [7, 11) is 0. The number of aryl methyl sites for hydroxylation is 2. The van der Waals surface area contributed by atoms with Crippen LogP contribution in [0.2, 0.25) is 0 Å². The first kappa shape index (κ1) is 13.2. The molecule has 0 N–H and O–H groups in total. The first-order valence-corrected chi connectivity index (χ1v) is 8.39. The van der Waals surface area contributed by atoms with Crippen LogP contribution in [0.1, 0.15) is 59.6 Å². The van der Waals surface area contributed by atoms with E-state index in [1.807, 2.05) is 0 Å². The highest BCUT2D eigenvalue weighted by Crippen LogP contribution is 2.33. The summed E-state index contributed by atoms with van der Waals surface area (Å²) < 4.78 is 0. The quantitative estimate of drug-likeness (QED) is 0.817. The van der Waals surface area contributed by atoms with Crippen molar-refractivity contribution < 1.29 is 4.79 Å². The maximum Gasteiger partial charge on any atom is 0.264 e.